The molecule has 0 saturated heterocycles. The summed E-state index contributed by atoms with van der Waals surface area (Å²) in [5.74, 6) is -0.942. The third-order valence-electron chi connectivity index (χ3n) is 7.38. The number of nitrogens with one attached hydrogen (secondary N) is 2. The van der Waals surface area contributed by atoms with E-state index in [9.17, 15) is 25.2 Å². The Morgan fingerprint density at radius 2 is 1.72 bits per heavy atom. The Balaban J connectivity index is 1.43. The van der Waals surface area contributed by atoms with E-state index >= 15 is 0 Å². The van der Waals surface area contributed by atoms with Gasteiger partial charge in [-0.25, -0.2) is 14.8 Å². The zero-order valence-electron chi connectivity index (χ0n) is 26.8. The van der Waals surface area contributed by atoms with Gasteiger partial charge in [0, 0.05) is 33.8 Å². The zero-order chi connectivity index (χ0) is 36.0. The molecule has 0 aliphatic rings. The van der Waals surface area contributed by atoms with Crippen molar-refractivity contribution in [2.24, 2.45) is 5.73 Å². The van der Waals surface area contributed by atoms with Gasteiger partial charge >= 0.3 is 5.97 Å². The van der Waals surface area contributed by atoms with Crippen molar-refractivity contribution in [2.45, 2.75) is 42.1 Å². The highest BCUT2D eigenvalue weighted by Gasteiger charge is 2.25. The lowest BCUT2D eigenvalue weighted by molar-refractivity contribution is -0.143. The number of ether oxygens (including phenoxy) is 1. The molecule has 8 N–H and O–H groups in total. The molecule has 2 aromatic heterocycles. The first kappa shape index (κ1) is 38.1. The molecule has 0 aliphatic carbocycles. The van der Waals surface area contributed by atoms with Crippen LogP contribution in [0.5, 0.6) is 5.75 Å². The van der Waals surface area contributed by atoms with E-state index in [0.29, 0.717) is 58.5 Å². The summed E-state index contributed by atoms with van der Waals surface area (Å²) in [6, 6.07) is 16.4. The van der Waals surface area contributed by atoms with Gasteiger partial charge in [0.05, 0.1) is 23.9 Å². The van der Waals surface area contributed by atoms with E-state index in [1.165, 1.54) is 23.1 Å². The topological polar surface area (TPSA) is 233 Å². The van der Waals surface area contributed by atoms with Crippen LogP contribution in [-0.2, 0) is 15.3 Å². The molecular weight excluding hydrogens is 700 g/mol. The van der Waals surface area contributed by atoms with Crippen LogP contribution in [0.15, 0.2) is 58.9 Å². The van der Waals surface area contributed by atoms with Gasteiger partial charge in [-0.2, -0.15) is 10.5 Å². The SMILES string of the molecule is N#Cc1c(N)nc(SCc2csc(-c3ccc(Cl)cc3)n2)c(C#N)c1-c1ccc(OCCN[C@@H](CCCCN)C(=O)N[C@@H](CO)C(=O)O)cc1. The highest BCUT2D eigenvalue weighted by Crippen LogP contribution is 2.37. The Morgan fingerprint density at radius 1 is 1.02 bits per heavy atom. The van der Waals surface area contributed by atoms with Gasteiger partial charge in [-0.3, -0.25) is 4.79 Å². The third-order valence-corrected chi connectivity index (χ3v) is 9.58. The number of nitriles is 2. The van der Waals surface area contributed by atoms with Crippen molar-refractivity contribution in [1.82, 2.24) is 20.6 Å². The number of aliphatic hydroxyl groups excluding tert-OH is 1. The highest BCUT2D eigenvalue weighted by atomic mass is 35.5. The number of halogens is 1. The Kier molecular flexibility index (Phi) is 14.4. The standard InChI is InChI=1S/C34H35ClN8O5S2/c35-22-8-4-21(5-9-22)32-41-23(18-49-32)19-50-33-26(16-38)29(25(15-37)30(39)43-33)20-6-10-24(11-7-20)48-14-13-40-27(3-1-2-12-36)31(45)42-28(17-44)34(46)47/h4-11,18,27-28,40,44H,1-3,12-14,17,19,36H2,(H2,39,43)(H,42,45)(H,46,47)/t27-,28-/m0/s1. The fourth-order valence-corrected chi connectivity index (χ4v) is 6.77. The number of amides is 1. The van der Waals surface area contributed by atoms with Crippen LogP contribution in [0.25, 0.3) is 21.7 Å². The number of thiazole rings is 1. The van der Waals surface area contributed by atoms with Crippen LogP contribution >= 0.6 is 34.7 Å². The molecule has 2 aromatic carbocycles. The van der Waals surface area contributed by atoms with Crippen LogP contribution < -0.4 is 26.8 Å². The van der Waals surface area contributed by atoms with E-state index < -0.39 is 30.6 Å². The number of carboxylic acid groups (broad SMARTS) is 1. The molecular formula is C34H35ClN8O5S2. The normalized spacial score (nSPS) is 12.0. The van der Waals surface area contributed by atoms with E-state index in [4.69, 9.17) is 37.9 Å². The number of benzene rings is 2. The van der Waals surface area contributed by atoms with Crippen molar-refractivity contribution in [3.8, 4) is 39.6 Å². The summed E-state index contributed by atoms with van der Waals surface area (Å²) in [6.45, 7) is 0.165. The predicted octanol–water partition coefficient (Wildman–Crippen LogP) is 4.17. The van der Waals surface area contributed by atoms with Gasteiger partial charge in [0.1, 0.15) is 52.0 Å². The predicted molar refractivity (Wildman–Crippen MR) is 192 cm³/mol. The molecule has 0 fully saturated rings. The zero-order valence-corrected chi connectivity index (χ0v) is 29.2. The summed E-state index contributed by atoms with van der Waals surface area (Å²) in [6.07, 6.45) is 1.76. The first-order valence-electron chi connectivity index (χ1n) is 15.5. The van der Waals surface area contributed by atoms with Crippen LogP contribution in [0.2, 0.25) is 5.02 Å². The van der Waals surface area contributed by atoms with Crippen molar-refractivity contribution < 1.29 is 24.5 Å². The molecule has 0 aliphatic heterocycles. The molecule has 2 heterocycles. The van der Waals surface area contributed by atoms with Crippen LogP contribution in [-0.4, -0.2) is 70.4 Å². The van der Waals surface area contributed by atoms with Crippen molar-refractivity contribution >= 4 is 52.4 Å². The summed E-state index contributed by atoms with van der Waals surface area (Å²) >= 11 is 8.80. The Labute approximate surface area is 302 Å². The number of hydrogen-bond acceptors (Lipinski definition) is 13. The van der Waals surface area contributed by atoms with Gasteiger partial charge in [0.2, 0.25) is 5.91 Å². The van der Waals surface area contributed by atoms with Crippen molar-refractivity contribution in [3.05, 3.63) is 75.8 Å². The monoisotopic (exact) mass is 734 g/mol. The lowest BCUT2D eigenvalue weighted by Crippen LogP contribution is -2.52. The minimum Gasteiger partial charge on any atom is -0.492 e. The van der Waals surface area contributed by atoms with Gasteiger partial charge < -0.3 is 37.1 Å². The molecule has 260 valence electrons. The summed E-state index contributed by atoms with van der Waals surface area (Å²) in [5.41, 5.74) is 14.8. The van der Waals surface area contributed by atoms with Gasteiger partial charge in [0.25, 0.3) is 0 Å². The summed E-state index contributed by atoms with van der Waals surface area (Å²) < 4.78 is 5.85. The number of nitrogen functional groups attached to an aromatic ring is 1. The first-order valence-corrected chi connectivity index (χ1v) is 17.7. The number of nitrogens with zero attached hydrogens (tertiary/aromatic N) is 4. The second kappa shape index (κ2) is 18.9. The average molecular weight is 735 g/mol. The molecule has 16 heteroatoms. The second-order valence-electron chi connectivity index (χ2n) is 10.8. The molecule has 4 aromatic rings. The molecule has 1 amide bonds. The van der Waals surface area contributed by atoms with Crippen LogP contribution in [0.4, 0.5) is 5.82 Å². The summed E-state index contributed by atoms with van der Waals surface area (Å²) in [7, 11) is 0. The lowest BCUT2D eigenvalue weighted by Gasteiger charge is -2.21. The van der Waals surface area contributed by atoms with Crippen LogP contribution in [0.1, 0.15) is 36.1 Å². The Bertz CT molecular complexity index is 1860. The maximum atomic E-state index is 12.7. The van der Waals surface area contributed by atoms with E-state index in [1.807, 2.05) is 17.5 Å². The van der Waals surface area contributed by atoms with Crippen molar-refractivity contribution in [3.63, 3.8) is 0 Å². The van der Waals surface area contributed by atoms with Gasteiger partial charge in [0.15, 0.2) is 0 Å². The quantitative estimate of drug-likeness (QED) is 0.0623. The fourth-order valence-electron chi connectivity index (χ4n) is 4.83. The number of nitrogens with two attached hydrogens (primary N) is 2. The molecule has 50 heavy (non-hydrogen) atoms. The molecule has 13 nitrogen and oxygen atoms in total. The number of pyridine rings is 1. The minimum absolute atomic E-state index is 0.00856. The lowest BCUT2D eigenvalue weighted by atomic mass is 9.97. The Hall–Kier alpha value is -4.74. The molecule has 0 spiro atoms. The van der Waals surface area contributed by atoms with Crippen molar-refractivity contribution in [2.75, 3.05) is 32.0 Å². The van der Waals surface area contributed by atoms with Gasteiger partial charge in [-0.1, -0.05) is 54.0 Å². The maximum absolute atomic E-state index is 12.7. The molecule has 2 atom stereocenters. The fraction of sp³-hybridized carbons (Fsp3) is 0.294. The van der Waals surface area contributed by atoms with Crippen molar-refractivity contribution in [1.29, 1.82) is 10.5 Å². The summed E-state index contributed by atoms with van der Waals surface area (Å²) in [4.78, 5) is 33.0. The summed E-state index contributed by atoms with van der Waals surface area (Å²) in [5, 5.41) is 47.8. The molecule has 0 saturated carbocycles. The second-order valence-corrected chi connectivity index (χ2v) is 13.1. The van der Waals surface area contributed by atoms with Gasteiger partial charge in [-0.15, -0.1) is 11.3 Å². The number of thioether (sulfide) groups is 1. The number of carbonyl (C=O) groups excluding carboxylic acids is 1. The minimum atomic E-state index is -1.41. The number of aromatic nitrogens is 2. The number of rotatable bonds is 18. The molecule has 0 bridgehead atoms. The van der Waals surface area contributed by atoms with E-state index in [1.54, 1.807) is 36.4 Å². The third kappa shape index (κ3) is 10.1. The van der Waals surface area contributed by atoms with Crippen LogP contribution in [0, 0.1) is 22.7 Å². The van der Waals surface area contributed by atoms with Gasteiger partial charge in [-0.05, 0) is 49.2 Å². The van der Waals surface area contributed by atoms with E-state index in [2.05, 4.69) is 27.8 Å². The first-order chi connectivity index (χ1) is 24.2. The molecule has 0 unspecified atom stereocenters. The van der Waals surface area contributed by atoms with Crippen LogP contribution in [0.3, 0.4) is 0 Å². The number of carbonyl (C=O) groups is 2. The maximum Gasteiger partial charge on any atom is 0.328 e. The van der Waals surface area contributed by atoms with E-state index in [0.717, 1.165) is 16.3 Å². The number of unbranched alkanes of at least 4 members (excludes halogenated alkanes) is 1. The Morgan fingerprint density at radius 3 is 2.36 bits per heavy atom. The number of carboxylic acids is 1. The number of aliphatic hydroxyl groups is 1. The number of aliphatic carboxylic acids is 1. The number of hydrogen-bond donors (Lipinski definition) is 6. The van der Waals surface area contributed by atoms with E-state index in [-0.39, 0.29) is 30.1 Å². The molecule has 4 rings (SSSR count). The smallest absolute Gasteiger partial charge is 0.328 e. The number of anilines is 1. The highest BCUT2D eigenvalue weighted by molar-refractivity contribution is 7.98. The largest absolute Gasteiger partial charge is 0.492 e. The average Bonchev–Trinajstić information content (AvgIpc) is 3.59. The molecule has 0 radical (unpaired) electrons.